The first-order chi connectivity index (χ1) is 12.1. The van der Waals surface area contributed by atoms with Gasteiger partial charge >= 0.3 is 35.7 Å². The van der Waals surface area contributed by atoms with E-state index >= 15 is 0 Å². The van der Waals surface area contributed by atoms with Gasteiger partial charge in [-0.1, -0.05) is 35.6 Å². The topological polar surface area (TPSA) is 180 Å². The van der Waals surface area contributed by atoms with Crippen LogP contribution in [0, 0.1) is 5.92 Å². The van der Waals surface area contributed by atoms with E-state index in [0.717, 1.165) is 0 Å². The molecule has 0 unspecified atom stereocenters. The summed E-state index contributed by atoms with van der Waals surface area (Å²) in [5, 5.41) is 9.41. The molecule has 0 bridgehead atoms. The average Bonchev–Trinajstić information content (AvgIpc) is 2.55. The zero-order chi connectivity index (χ0) is 19.5. The van der Waals surface area contributed by atoms with E-state index in [1.807, 2.05) is 0 Å². The van der Waals surface area contributed by atoms with Crippen molar-refractivity contribution in [1.29, 1.82) is 0 Å². The van der Waals surface area contributed by atoms with Crippen LogP contribution in [0.15, 0.2) is 30.3 Å². The minimum Gasteiger partial charge on any atom is -0.731 e. The molecular weight excluding hydrogens is 397 g/mol. The predicted octanol–water partition coefficient (Wildman–Crippen LogP) is -4.28. The van der Waals surface area contributed by atoms with Gasteiger partial charge in [0.1, 0.15) is 25.2 Å². The van der Waals surface area contributed by atoms with Gasteiger partial charge in [0.15, 0.2) is 10.3 Å². The normalized spacial score (nSPS) is 18.9. The number of hydrogen-bond acceptors (Lipinski definition) is 9. The molecule has 142 valence electrons. The molecule has 1 aromatic rings. The van der Waals surface area contributed by atoms with Crippen molar-refractivity contribution in [2.45, 2.75) is 12.6 Å². The van der Waals surface area contributed by atoms with Crippen molar-refractivity contribution in [1.82, 2.24) is 9.53 Å². The molecule has 0 saturated carbocycles. The summed E-state index contributed by atoms with van der Waals surface area (Å²) in [6, 6.07) is 6.75. The van der Waals surface area contributed by atoms with Crippen molar-refractivity contribution in [3.05, 3.63) is 35.9 Å². The van der Waals surface area contributed by atoms with Gasteiger partial charge in [-0.05, 0) is 5.56 Å². The third-order valence-corrected chi connectivity index (χ3v) is 4.39. The second-order valence-electron chi connectivity index (χ2n) is 5.14. The maximum absolute atomic E-state index is 12.1. The monoisotopic (exact) mass is 411 g/mol. The van der Waals surface area contributed by atoms with Crippen LogP contribution < -0.4 is 35.3 Å². The second-order valence-corrected chi connectivity index (χ2v) is 6.39. The molecular formula is C13H14N3NaO9S. The van der Waals surface area contributed by atoms with Crippen molar-refractivity contribution >= 4 is 28.2 Å². The van der Waals surface area contributed by atoms with E-state index in [0.29, 0.717) is 5.56 Å². The first kappa shape index (κ1) is 23.3. The molecule has 3 amide bonds. The molecule has 1 heterocycles. The quantitative estimate of drug-likeness (QED) is 0.112. The summed E-state index contributed by atoms with van der Waals surface area (Å²) < 4.78 is 37.5. The minimum atomic E-state index is -5.25. The first-order valence-electron chi connectivity index (χ1n) is 7.04. The van der Waals surface area contributed by atoms with Gasteiger partial charge in [0.25, 0.3) is 11.8 Å². The number of nitrogens with zero attached hydrogens (tertiary/aromatic N) is 2. The minimum absolute atomic E-state index is 0. The summed E-state index contributed by atoms with van der Waals surface area (Å²) in [6.07, 6.45) is -1.31. The molecule has 0 aliphatic carbocycles. The van der Waals surface area contributed by atoms with E-state index in [2.05, 4.69) is 4.74 Å². The van der Waals surface area contributed by atoms with Crippen LogP contribution in [0.3, 0.4) is 0 Å². The van der Waals surface area contributed by atoms with Crippen LogP contribution >= 0.6 is 0 Å². The first-order valence-corrected chi connectivity index (χ1v) is 8.40. The molecule has 0 aromatic heterocycles. The summed E-state index contributed by atoms with van der Waals surface area (Å²) in [4.78, 5) is 39.4. The number of carbonyl (C=O) groups is 3. The van der Waals surface area contributed by atoms with Crippen LogP contribution in [0.5, 0.6) is 0 Å². The fraction of sp³-hybridized carbons (Fsp3) is 0.308. The van der Waals surface area contributed by atoms with Crippen molar-refractivity contribution in [3.8, 4) is 0 Å². The number of rotatable bonds is 7. The van der Waals surface area contributed by atoms with Gasteiger partial charge in [0, 0.05) is 0 Å². The van der Waals surface area contributed by atoms with Crippen molar-refractivity contribution < 1.29 is 71.7 Å². The Bertz CT molecular complexity index is 805. The molecule has 2 atom stereocenters. The third kappa shape index (κ3) is 5.62. The molecule has 1 fully saturated rings. The Morgan fingerprint density at radius 2 is 1.89 bits per heavy atom. The van der Waals surface area contributed by atoms with Gasteiger partial charge in [-0.25, -0.2) is 22.4 Å². The molecule has 1 aliphatic heterocycles. The SMILES string of the molecule is NC(=O)OC[C@@H]1[C@@H](C(=O)N(O)OCc2ccccc2)C(=O)N1S(=O)(=O)[O-].[Na+]. The molecule has 0 spiro atoms. The Kier molecular flexibility index (Phi) is 8.16. The Balaban J connectivity index is 0.00000364. The molecule has 27 heavy (non-hydrogen) atoms. The molecule has 12 nitrogen and oxygen atoms in total. The Morgan fingerprint density at radius 1 is 1.30 bits per heavy atom. The molecule has 14 heteroatoms. The third-order valence-electron chi connectivity index (χ3n) is 3.46. The van der Waals surface area contributed by atoms with Crippen LogP contribution in [0.1, 0.15) is 5.56 Å². The number of nitrogens with two attached hydrogens (primary N) is 1. The van der Waals surface area contributed by atoms with Gasteiger partial charge in [0.2, 0.25) is 0 Å². The van der Waals surface area contributed by atoms with Crippen molar-refractivity contribution in [3.63, 3.8) is 0 Å². The zero-order valence-electron chi connectivity index (χ0n) is 14.0. The number of ether oxygens (including phenoxy) is 1. The summed E-state index contributed by atoms with van der Waals surface area (Å²) in [6.45, 7) is -1.05. The number of carbonyl (C=O) groups excluding carboxylic acids is 3. The van der Waals surface area contributed by atoms with E-state index in [1.54, 1.807) is 30.3 Å². The van der Waals surface area contributed by atoms with Gasteiger partial charge < -0.3 is 15.0 Å². The van der Waals surface area contributed by atoms with Gasteiger partial charge in [-0.15, -0.1) is 0 Å². The van der Waals surface area contributed by atoms with E-state index in [-0.39, 0.29) is 45.7 Å². The summed E-state index contributed by atoms with van der Waals surface area (Å²) in [5.41, 5.74) is 5.33. The van der Waals surface area contributed by atoms with E-state index in [4.69, 9.17) is 10.6 Å². The molecule has 1 saturated heterocycles. The number of primary amides is 1. The van der Waals surface area contributed by atoms with E-state index < -0.39 is 46.8 Å². The largest absolute Gasteiger partial charge is 1.00 e. The average molecular weight is 411 g/mol. The number of benzene rings is 1. The molecule has 1 aromatic carbocycles. The number of β-lactam (4-membered cyclic amide) rings is 1. The standard InChI is InChI=1S/C13H15N3O9S.Na/c14-13(19)24-7-9-10(11(17)15(9)26(21,22)23)12(18)16(20)25-6-8-4-2-1-3-5-8;/h1-5,9-10,20H,6-7H2,(H2,14,19)(H,21,22,23);/q;+1/p-1/t9-,10-;/m1./s1. The maximum Gasteiger partial charge on any atom is 1.00 e. The smallest absolute Gasteiger partial charge is 0.731 e. The second kappa shape index (κ2) is 9.45. The maximum atomic E-state index is 12.1. The van der Waals surface area contributed by atoms with Crippen molar-refractivity contribution in [2.75, 3.05) is 6.61 Å². The fourth-order valence-electron chi connectivity index (χ4n) is 2.29. The Hall–Kier alpha value is -1.74. The van der Waals surface area contributed by atoms with Crippen LogP contribution in [-0.2, 0) is 36.1 Å². The van der Waals surface area contributed by atoms with Crippen molar-refractivity contribution in [2.24, 2.45) is 11.7 Å². The summed E-state index contributed by atoms with van der Waals surface area (Å²) in [7, 11) is -5.25. The predicted molar refractivity (Wildman–Crippen MR) is 79.2 cm³/mol. The molecule has 0 radical (unpaired) electrons. The van der Waals surface area contributed by atoms with Crippen LogP contribution in [-0.4, -0.2) is 58.3 Å². The number of hydroxylamine groups is 2. The van der Waals surface area contributed by atoms with Gasteiger partial charge in [0.05, 0.1) is 0 Å². The number of hydrogen-bond donors (Lipinski definition) is 2. The van der Waals surface area contributed by atoms with Crippen LogP contribution in [0.2, 0.25) is 0 Å². The van der Waals surface area contributed by atoms with Gasteiger partial charge in [-0.3, -0.25) is 14.8 Å². The number of amides is 3. The molecule has 3 N–H and O–H groups in total. The van der Waals surface area contributed by atoms with E-state index in [1.165, 1.54) is 0 Å². The van der Waals surface area contributed by atoms with Gasteiger partial charge in [-0.2, -0.15) is 0 Å². The Labute approximate surface area is 175 Å². The summed E-state index contributed by atoms with van der Waals surface area (Å²) >= 11 is 0. The molecule has 2 rings (SSSR count). The summed E-state index contributed by atoms with van der Waals surface area (Å²) in [5.74, 6) is -4.51. The molecule has 1 aliphatic rings. The fourth-order valence-corrected chi connectivity index (χ4v) is 3.14. The Morgan fingerprint density at radius 3 is 2.41 bits per heavy atom. The van der Waals surface area contributed by atoms with Crippen LogP contribution in [0.25, 0.3) is 0 Å². The van der Waals surface area contributed by atoms with E-state index in [9.17, 15) is 32.6 Å². The van der Waals surface area contributed by atoms with Crippen LogP contribution in [0.4, 0.5) is 4.79 Å². The zero-order valence-corrected chi connectivity index (χ0v) is 16.9.